The van der Waals surface area contributed by atoms with Crippen LogP contribution in [-0.4, -0.2) is 24.7 Å². The summed E-state index contributed by atoms with van der Waals surface area (Å²) in [6.07, 6.45) is 0. The Morgan fingerprint density at radius 3 is 2.26 bits per heavy atom. The first kappa shape index (κ1) is 22.2. The Balaban J connectivity index is 1.77. The molecule has 34 heavy (non-hydrogen) atoms. The monoisotopic (exact) mass is 486 g/mol. The number of hydrogen-bond donors (Lipinski definition) is 2. The third-order valence-corrected chi connectivity index (χ3v) is 4.84. The van der Waals surface area contributed by atoms with Gasteiger partial charge in [0.2, 0.25) is 5.52 Å². The summed E-state index contributed by atoms with van der Waals surface area (Å²) in [5.74, 6) is 0. The van der Waals surface area contributed by atoms with Crippen molar-refractivity contribution in [2.75, 3.05) is 10.9 Å². The van der Waals surface area contributed by atoms with Crippen LogP contribution in [0.4, 0.5) is 28.4 Å². The molecule has 0 unspecified atom stereocenters. The molecule has 0 aliphatic heterocycles. The number of anilines is 2. The molecule has 0 aliphatic carbocycles. The Morgan fingerprint density at radius 1 is 0.882 bits per heavy atom. The molecule has 0 bridgehead atoms. The average molecular weight is 487 g/mol. The topological polar surface area (TPSA) is 198 Å². The Kier molecular flexibility index (Phi) is 5.52. The molecule has 0 radical (unpaired) electrons. The summed E-state index contributed by atoms with van der Waals surface area (Å²) in [4.78, 5) is 32.3. The summed E-state index contributed by atoms with van der Waals surface area (Å²) in [6.45, 7) is 0. The van der Waals surface area contributed by atoms with Crippen molar-refractivity contribution in [1.82, 2.24) is 9.90 Å². The van der Waals surface area contributed by atoms with Gasteiger partial charge in [-0.3, -0.25) is 35.8 Å². The van der Waals surface area contributed by atoms with E-state index in [4.69, 9.17) is 11.6 Å². The van der Waals surface area contributed by atoms with Crippen LogP contribution in [-0.2, 0) is 0 Å². The number of nitro groups is 3. The first-order valence-corrected chi connectivity index (χ1v) is 9.55. The quantitative estimate of drug-likeness (QED) is 0.168. The lowest BCUT2D eigenvalue weighted by Gasteiger charge is -2.11. The van der Waals surface area contributed by atoms with Gasteiger partial charge in [-0.2, -0.15) is 0 Å². The molecule has 0 saturated carbocycles. The second-order valence-electron chi connectivity index (χ2n) is 6.73. The van der Waals surface area contributed by atoms with Crippen LogP contribution in [0, 0.1) is 35.6 Å². The molecular weight excluding hydrogens is 476 g/mol. The highest BCUT2D eigenvalue weighted by Gasteiger charge is 2.31. The number of nitrogens with zero attached hydrogens (tertiary/aromatic N) is 6. The van der Waals surface area contributed by atoms with Gasteiger partial charge in [0.15, 0.2) is 0 Å². The molecule has 3 aromatic carbocycles. The highest BCUT2D eigenvalue weighted by Crippen LogP contribution is 2.30. The molecule has 15 nitrogen and oxygen atoms in total. The fourth-order valence-electron chi connectivity index (χ4n) is 3.09. The van der Waals surface area contributed by atoms with Gasteiger partial charge in [-0.1, -0.05) is 17.7 Å². The fraction of sp³-hybridized carbons (Fsp3) is 0. The average Bonchev–Trinajstić information content (AvgIpc) is 3.13. The second-order valence-corrected chi connectivity index (χ2v) is 7.16. The minimum Gasteiger partial charge on any atom is -0.692 e. The Labute approximate surface area is 192 Å². The number of nitrogens with one attached hydrogen (secondary N) is 2. The van der Waals surface area contributed by atoms with Crippen molar-refractivity contribution in [1.29, 1.82) is 0 Å². The third-order valence-electron chi connectivity index (χ3n) is 4.61. The van der Waals surface area contributed by atoms with Crippen molar-refractivity contribution < 1.29 is 19.6 Å². The van der Waals surface area contributed by atoms with Crippen molar-refractivity contribution in [2.24, 2.45) is 0 Å². The second kappa shape index (κ2) is 8.47. The van der Waals surface area contributed by atoms with E-state index >= 15 is 0 Å². The summed E-state index contributed by atoms with van der Waals surface area (Å²) >= 11 is 5.91. The van der Waals surface area contributed by atoms with E-state index in [9.17, 15) is 35.6 Å². The molecule has 4 aromatic rings. The Bertz CT molecular complexity index is 1490. The van der Waals surface area contributed by atoms with Crippen LogP contribution in [0.15, 0.2) is 54.6 Å². The van der Waals surface area contributed by atoms with E-state index in [1.165, 1.54) is 12.1 Å². The van der Waals surface area contributed by atoms with Gasteiger partial charge in [0, 0.05) is 11.1 Å². The number of hydrazine groups is 1. The zero-order chi connectivity index (χ0) is 24.6. The number of nitro benzene ring substituents is 3. The fourth-order valence-corrected chi connectivity index (χ4v) is 3.28. The molecule has 0 spiro atoms. The van der Waals surface area contributed by atoms with Crippen LogP contribution in [0.2, 0.25) is 5.02 Å². The lowest BCUT2D eigenvalue weighted by molar-refractivity contribution is -0.664. The summed E-state index contributed by atoms with van der Waals surface area (Å²) in [6, 6.07) is 11.7. The van der Waals surface area contributed by atoms with E-state index in [1.54, 1.807) is 24.3 Å². The molecule has 2 N–H and O–H groups in total. The molecule has 16 heteroatoms. The van der Waals surface area contributed by atoms with Crippen molar-refractivity contribution in [3.63, 3.8) is 0 Å². The summed E-state index contributed by atoms with van der Waals surface area (Å²) in [5, 5.41) is 51.1. The highest BCUT2D eigenvalue weighted by atomic mass is 35.5. The molecule has 1 heterocycles. The molecule has 0 aliphatic rings. The zero-order valence-corrected chi connectivity index (χ0v) is 17.4. The molecule has 4 rings (SSSR count). The maximum atomic E-state index is 12.7. The first-order valence-electron chi connectivity index (χ1n) is 9.17. The van der Waals surface area contributed by atoms with Crippen LogP contribution in [0.5, 0.6) is 0 Å². The number of hydrogen-bond acceptors (Lipinski definition) is 10. The molecular formula is C18H11ClN8O7. The number of aromatic nitrogens is 3. The normalized spacial score (nSPS) is 10.7. The SMILES string of the molecule is O=[N+]([O-])c1cc([N+](=O)[O-])c2nn(-c3ccc(NNc4cccc(Cl)c4)c([N+](=O)[O-])c3)[n+]([O-])c2c1. The predicted octanol–water partition coefficient (Wildman–Crippen LogP) is 3.48. The Hall–Kier alpha value is -5.05. The maximum absolute atomic E-state index is 12.7. The minimum atomic E-state index is -0.913. The standard InChI is InChI=1S/C18H11ClN8O7/c19-10-2-1-3-11(6-10)20-21-14-5-4-12(7-15(14)26(31)32)23-22-18-16(24(23)28)8-13(25(29)30)9-17(18)27(33)34/h1-9,20-21H. The predicted molar refractivity (Wildman–Crippen MR) is 119 cm³/mol. The number of fused-ring (bicyclic) bond motifs is 1. The van der Waals surface area contributed by atoms with Crippen LogP contribution in [0.3, 0.4) is 0 Å². The number of halogens is 1. The van der Waals surface area contributed by atoms with Crippen LogP contribution in [0.1, 0.15) is 0 Å². The highest BCUT2D eigenvalue weighted by molar-refractivity contribution is 6.30. The van der Waals surface area contributed by atoms with E-state index in [-0.39, 0.29) is 16.2 Å². The van der Waals surface area contributed by atoms with Crippen molar-refractivity contribution >= 4 is 51.1 Å². The third kappa shape index (κ3) is 4.05. The zero-order valence-electron chi connectivity index (χ0n) is 16.6. The molecule has 1 aromatic heterocycles. The van der Waals surface area contributed by atoms with Gasteiger partial charge in [0.1, 0.15) is 11.4 Å². The summed E-state index contributed by atoms with van der Waals surface area (Å²) < 4.78 is 0. The number of non-ortho nitro benzene ring substituents is 2. The smallest absolute Gasteiger partial charge is 0.334 e. The van der Waals surface area contributed by atoms with Gasteiger partial charge in [-0.25, -0.2) is 0 Å². The van der Waals surface area contributed by atoms with Gasteiger partial charge >= 0.3 is 11.2 Å². The van der Waals surface area contributed by atoms with E-state index in [0.717, 1.165) is 12.1 Å². The van der Waals surface area contributed by atoms with Crippen molar-refractivity contribution in [3.8, 4) is 5.69 Å². The van der Waals surface area contributed by atoms with Gasteiger partial charge in [0.25, 0.3) is 11.4 Å². The first-order chi connectivity index (χ1) is 16.2. The molecule has 0 amide bonds. The van der Waals surface area contributed by atoms with E-state index in [1.807, 2.05) is 0 Å². The lowest BCUT2D eigenvalue weighted by atomic mass is 10.2. The Morgan fingerprint density at radius 2 is 1.62 bits per heavy atom. The van der Waals surface area contributed by atoms with Crippen LogP contribution in [0.25, 0.3) is 16.7 Å². The van der Waals surface area contributed by atoms with E-state index in [0.29, 0.717) is 21.6 Å². The maximum Gasteiger partial charge on any atom is 0.334 e. The molecule has 0 fully saturated rings. The number of benzene rings is 3. The van der Waals surface area contributed by atoms with Gasteiger partial charge in [0.05, 0.1) is 37.7 Å². The molecule has 0 atom stereocenters. The van der Waals surface area contributed by atoms with Crippen molar-refractivity contribution in [3.05, 3.63) is 95.2 Å². The molecule has 0 saturated heterocycles. The van der Waals surface area contributed by atoms with Crippen LogP contribution >= 0.6 is 11.6 Å². The molecule has 172 valence electrons. The van der Waals surface area contributed by atoms with Gasteiger partial charge in [-0.15, -0.1) is 4.85 Å². The largest absolute Gasteiger partial charge is 0.692 e. The minimum absolute atomic E-state index is 0.0319. The number of rotatable bonds is 7. The van der Waals surface area contributed by atoms with E-state index < -0.39 is 42.9 Å². The van der Waals surface area contributed by atoms with Gasteiger partial charge in [-0.05, 0) is 35.1 Å². The van der Waals surface area contributed by atoms with Crippen molar-refractivity contribution in [2.45, 2.75) is 0 Å². The lowest BCUT2D eigenvalue weighted by Crippen LogP contribution is -2.37. The summed E-state index contributed by atoms with van der Waals surface area (Å²) in [5.41, 5.74) is 3.12. The van der Waals surface area contributed by atoms with Gasteiger partial charge < -0.3 is 10.6 Å². The van der Waals surface area contributed by atoms with Crippen LogP contribution < -0.4 is 15.7 Å². The van der Waals surface area contributed by atoms with E-state index in [2.05, 4.69) is 16.0 Å². The summed E-state index contributed by atoms with van der Waals surface area (Å²) in [7, 11) is 0.